The Morgan fingerprint density at radius 2 is 1.78 bits per heavy atom. The molecule has 1 atom stereocenters. The first-order chi connectivity index (χ1) is 15.3. The largest absolute Gasteiger partial charge is 0.529 e. The summed E-state index contributed by atoms with van der Waals surface area (Å²) in [4.78, 5) is 25.8. The fourth-order valence-corrected chi connectivity index (χ4v) is 4.73. The summed E-state index contributed by atoms with van der Waals surface area (Å²) in [5.41, 5.74) is 3.16. The van der Waals surface area contributed by atoms with Crippen LogP contribution < -0.4 is 10.0 Å². The van der Waals surface area contributed by atoms with E-state index in [9.17, 15) is 20.0 Å². The van der Waals surface area contributed by atoms with Crippen LogP contribution in [0.1, 0.15) is 22.6 Å². The molecule has 164 valence electrons. The predicted molar refractivity (Wildman–Crippen MR) is 122 cm³/mol. The molecule has 4 rings (SSSR count). The van der Waals surface area contributed by atoms with Gasteiger partial charge in [-0.3, -0.25) is 15.0 Å². The maximum atomic E-state index is 12.2. The van der Waals surface area contributed by atoms with Crippen molar-refractivity contribution in [1.82, 2.24) is 4.90 Å². The smallest absolute Gasteiger partial charge is 0.269 e. The number of nitro benzene ring substituents is 1. The van der Waals surface area contributed by atoms with Crippen molar-refractivity contribution in [3.8, 4) is 0 Å². The molecule has 0 N–H and O–H groups in total. The standard InChI is InChI=1S/C23H19Cl2N3O4/c1-26-12-19(18-10-14(24)11-21(25)20(18)13-26)17-4-2-3-5-22(17)27(23(29)30)15-6-8-16(9-7-15)28(31)32/h2-11,19H,12-13H2,1H3,(H,29,30)/p-1/t19-/m0/s1. The molecule has 3 aromatic rings. The minimum absolute atomic E-state index is 0.132. The molecule has 0 spiro atoms. The number of amides is 1. The van der Waals surface area contributed by atoms with Crippen LogP contribution in [0.2, 0.25) is 10.0 Å². The molecule has 1 aliphatic heterocycles. The third-order valence-corrected chi connectivity index (χ3v) is 6.10. The van der Waals surface area contributed by atoms with E-state index >= 15 is 0 Å². The summed E-state index contributed by atoms with van der Waals surface area (Å²) >= 11 is 12.8. The van der Waals surface area contributed by atoms with Crippen LogP contribution >= 0.6 is 23.2 Å². The average Bonchev–Trinajstić information content (AvgIpc) is 2.74. The first-order valence-corrected chi connectivity index (χ1v) is 10.5. The number of hydrogen-bond donors (Lipinski definition) is 0. The molecule has 0 aromatic heterocycles. The number of hydrogen-bond acceptors (Lipinski definition) is 5. The molecule has 9 heteroatoms. The topological polar surface area (TPSA) is 89.8 Å². The predicted octanol–water partition coefficient (Wildman–Crippen LogP) is 4.96. The summed E-state index contributed by atoms with van der Waals surface area (Å²) in [6.45, 7) is 1.28. The van der Waals surface area contributed by atoms with Crippen molar-refractivity contribution < 1.29 is 14.8 Å². The Bertz CT molecular complexity index is 1200. The number of rotatable bonds is 4. The number of fused-ring (bicyclic) bond motifs is 1. The van der Waals surface area contributed by atoms with Crippen LogP contribution in [0.15, 0.2) is 60.7 Å². The lowest BCUT2D eigenvalue weighted by Crippen LogP contribution is -2.39. The minimum Gasteiger partial charge on any atom is -0.529 e. The number of carbonyl (C=O) groups is 1. The van der Waals surface area contributed by atoms with Crippen molar-refractivity contribution in [2.45, 2.75) is 12.5 Å². The van der Waals surface area contributed by atoms with E-state index in [-0.39, 0.29) is 17.3 Å². The number of likely N-dealkylation sites (N-methyl/N-ethyl adjacent to an activating group) is 1. The molecule has 0 unspecified atom stereocenters. The second kappa shape index (κ2) is 8.78. The lowest BCUT2D eigenvalue weighted by atomic mass is 9.83. The van der Waals surface area contributed by atoms with Crippen LogP contribution in [-0.4, -0.2) is 29.5 Å². The van der Waals surface area contributed by atoms with Gasteiger partial charge in [0.15, 0.2) is 0 Å². The van der Waals surface area contributed by atoms with Crippen molar-refractivity contribution in [3.63, 3.8) is 0 Å². The lowest BCUT2D eigenvalue weighted by Gasteiger charge is -2.36. The molecule has 0 bridgehead atoms. The number of anilines is 2. The second-order valence-electron chi connectivity index (χ2n) is 7.64. The third-order valence-electron chi connectivity index (χ3n) is 5.55. The van der Waals surface area contributed by atoms with E-state index in [0.717, 1.165) is 21.6 Å². The molecule has 3 aromatic carbocycles. The Hall–Kier alpha value is -3.13. The van der Waals surface area contributed by atoms with E-state index < -0.39 is 11.0 Å². The Morgan fingerprint density at radius 3 is 2.44 bits per heavy atom. The summed E-state index contributed by atoms with van der Waals surface area (Å²) in [6.07, 6.45) is -1.44. The quantitative estimate of drug-likeness (QED) is 0.396. The Morgan fingerprint density at radius 1 is 1.09 bits per heavy atom. The molecule has 7 nitrogen and oxygen atoms in total. The third kappa shape index (κ3) is 4.14. The van der Waals surface area contributed by atoms with E-state index in [0.29, 0.717) is 28.8 Å². The van der Waals surface area contributed by atoms with Crippen molar-refractivity contribution in [2.75, 3.05) is 18.5 Å². The molecule has 32 heavy (non-hydrogen) atoms. The summed E-state index contributed by atoms with van der Waals surface area (Å²) in [6, 6.07) is 16.0. The van der Waals surface area contributed by atoms with Crippen LogP contribution in [0.4, 0.5) is 21.9 Å². The molecule has 1 aliphatic rings. The zero-order valence-electron chi connectivity index (χ0n) is 17.0. The molecule has 0 saturated carbocycles. The molecule has 0 saturated heterocycles. The number of carbonyl (C=O) groups excluding carboxylic acids is 1. The van der Waals surface area contributed by atoms with Crippen molar-refractivity contribution in [3.05, 3.63) is 97.5 Å². The van der Waals surface area contributed by atoms with Gasteiger partial charge in [-0.1, -0.05) is 41.4 Å². The Labute approximate surface area is 194 Å². The number of benzene rings is 3. The first kappa shape index (κ1) is 22.1. The van der Waals surface area contributed by atoms with Gasteiger partial charge in [-0.2, -0.15) is 0 Å². The summed E-state index contributed by atoms with van der Waals surface area (Å²) in [5, 5.41) is 24.3. The summed E-state index contributed by atoms with van der Waals surface area (Å²) in [5.74, 6) is -0.198. The summed E-state index contributed by atoms with van der Waals surface area (Å²) in [7, 11) is 1.97. The zero-order valence-corrected chi connectivity index (χ0v) is 18.5. The van der Waals surface area contributed by atoms with E-state index in [2.05, 4.69) is 4.90 Å². The number of nitro groups is 1. The number of non-ortho nitro benzene ring substituents is 1. The number of halogens is 2. The highest BCUT2D eigenvalue weighted by atomic mass is 35.5. The molecule has 0 aliphatic carbocycles. The highest BCUT2D eigenvalue weighted by Gasteiger charge is 2.30. The normalized spacial score (nSPS) is 15.8. The van der Waals surface area contributed by atoms with Gasteiger partial charge in [0, 0.05) is 46.9 Å². The molecular formula is C23H18Cl2N3O4-. The molecular weight excluding hydrogens is 453 g/mol. The zero-order chi connectivity index (χ0) is 23.0. The molecule has 0 fully saturated rings. The number of nitrogens with zero attached hydrogens (tertiary/aromatic N) is 3. The summed E-state index contributed by atoms with van der Waals surface area (Å²) < 4.78 is 0. The van der Waals surface area contributed by atoms with Gasteiger partial charge in [-0.05, 0) is 54.1 Å². The van der Waals surface area contributed by atoms with Crippen LogP contribution in [0.5, 0.6) is 0 Å². The van der Waals surface area contributed by atoms with Crippen molar-refractivity contribution >= 4 is 46.4 Å². The van der Waals surface area contributed by atoms with Crippen LogP contribution in [0, 0.1) is 10.1 Å². The van der Waals surface area contributed by atoms with Gasteiger partial charge < -0.3 is 14.8 Å². The fourth-order valence-electron chi connectivity index (χ4n) is 4.16. The van der Waals surface area contributed by atoms with Gasteiger partial charge in [0.05, 0.1) is 10.6 Å². The van der Waals surface area contributed by atoms with Crippen LogP contribution in [0.3, 0.4) is 0 Å². The maximum absolute atomic E-state index is 12.2. The van der Waals surface area contributed by atoms with Gasteiger partial charge in [-0.25, -0.2) is 0 Å². The van der Waals surface area contributed by atoms with E-state index in [4.69, 9.17) is 23.2 Å². The van der Waals surface area contributed by atoms with E-state index in [1.165, 1.54) is 24.3 Å². The van der Waals surface area contributed by atoms with Gasteiger partial charge in [0.1, 0.15) is 6.09 Å². The number of para-hydroxylation sites is 1. The minimum atomic E-state index is -1.44. The fraction of sp³-hybridized carbons (Fsp3) is 0.174. The first-order valence-electron chi connectivity index (χ1n) is 9.77. The SMILES string of the molecule is CN1Cc2c(Cl)cc(Cl)cc2[C@H](c2ccccc2N(C(=O)[O-])c2ccc([N+](=O)[O-])cc2)C1. The van der Waals surface area contributed by atoms with Crippen LogP contribution in [0.25, 0.3) is 0 Å². The molecule has 1 amide bonds. The highest BCUT2D eigenvalue weighted by Crippen LogP contribution is 2.42. The monoisotopic (exact) mass is 470 g/mol. The van der Waals surface area contributed by atoms with E-state index in [1.807, 2.05) is 25.2 Å². The van der Waals surface area contributed by atoms with E-state index in [1.54, 1.807) is 18.2 Å². The highest BCUT2D eigenvalue weighted by molar-refractivity contribution is 6.35. The van der Waals surface area contributed by atoms with Crippen molar-refractivity contribution in [2.24, 2.45) is 0 Å². The van der Waals surface area contributed by atoms with Gasteiger partial charge in [0.25, 0.3) is 5.69 Å². The lowest BCUT2D eigenvalue weighted by molar-refractivity contribution is -0.384. The van der Waals surface area contributed by atoms with Gasteiger partial charge >= 0.3 is 0 Å². The maximum Gasteiger partial charge on any atom is 0.269 e. The average molecular weight is 471 g/mol. The number of carboxylic acid groups (broad SMARTS) is 1. The second-order valence-corrected chi connectivity index (χ2v) is 8.48. The van der Waals surface area contributed by atoms with Gasteiger partial charge in [-0.15, -0.1) is 0 Å². The van der Waals surface area contributed by atoms with Crippen LogP contribution in [-0.2, 0) is 6.54 Å². The Kier molecular flexibility index (Phi) is 6.06. The van der Waals surface area contributed by atoms with Gasteiger partial charge in [0.2, 0.25) is 0 Å². The molecule has 0 radical (unpaired) electrons. The Balaban J connectivity index is 1.86. The molecule has 1 heterocycles. The van der Waals surface area contributed by atoms with Crippen molar-refractivity contribution in [1.29, 1.82) is 0 Å².